The summed E-state index contributed by atoms with van der Waals surface area (Å²) in [5, 5.41) is 1.08. The van der Waals surface area contributed by atoms with E-state index in [2.05, 4.69) is 17.9 Å². The number of aromatic nitrogens is 1. The fraction of sp³-hybridized carbons (Fsp3) is 0.333. The van der Waals surface area contributed by atoms with Crippen molar-refractivity contribution in [2.45, 2.75) is 25.8 Å². The smallest absolute Gasteiger partial charge is 0.139 e. The molecule has 1 saturated carbocycles. The highest BCUT2D eigenvalue weighted by Gasteiger charge is 2.30. The molecule has 3 rings (SSSR count). The van der Waals surface area contributed by atoms with Gasteiger partial charge >= 0.3 is 0 Å². The highest BCUT2D eigenvalue weighted by atomic mass is 32.1. The van der Waals surface area contributed by atoms with Gasteiger partial charge in [0.05, 0.1) is 11.1 Å². The molecule has 1 heterocycles. The lowest BCUT2D eigenvalue weighted by Gasteiger charge is -2.24. The van der Waals surface area contributed by atoms with Crippen molar-refractivity contribution in [1.29, 1.82) is 0 Å². The van der Waals surface area contributed by atoms with Gasteiger partial charge in [0.1, 0.15) is 10.8 Å². The number of hydrogen-bond acceptors (Lipinski definition) is 3. The van der Waals surface area contributed by atoms with Crippen molar-refractivity contribution < 1.29 is 0 Å². The average molecular weight is 271 g/mol. The van der Waals surface area contributed by atoms with Crippen molar-refractivity contribution in [3.63, 3.8) is 0 Å². The molecule has 1 aromatic heterocycles. The van der Waals surface area contributed by atoms with Gasteiger partial charge in [-0.15, -0.1) is 0 Å². The molecule has 19 heavy (non-hydrogen) atoms. The lowest BCUT2D eigenvalue weighted by Crippen LogP contribution is -2.29. The Bertz CT molecular complexity index is 634. The molecule has 4 heteroatoms. The molecule has 0 aliphatic heterocycles. The van der Waals surface area contributed by atoms with E-state index in [9.17, 15) is 0 Å². The van der Waals surface area contributed by atoms with Crippen molar-refractivity contribution in [1.82, 2.24) is 4.98 Å². The van der Waals surface area contributed by atoms with Crippen LogP contribution in [-0.2, 0) is 0 Å². The first-order valence-electron chi connectivity index (χ1n) is 6.67. The van der Waals surface area contributed by atoms with Crippen molar-refractivity contribution in [3.05, 3.63) is 35.9 Å². The Kier molecular flexibility index (Phi) is 3.11. The molecule has 98 valence electrons. The van der Waals surface area contributed by atoms with E-state index in [1.54, 1.807) is 0 Å². The summed E-state index contributed by atoms with van der Waals surface area (Å²) in [5.41, 5.74) is 7.77. The predicted octanol–water partition coefficient (Wildman–Crippen LogP) is 2.86. The monoisotopic (exact) mass is 271 g/mol. The van der Waals surface area contributed by atoms with Crippen molar-refractivity contribution in [3.8, 4) is 0 Å². The summed E-state index contributed by atoms with van der Waals surface area (Å²) in [6, 6.07) is 10.8. The molecule has 0 radical (unpaired) electrons. The van der Waals surface area contributed by atoms with Crippen molar-refractivity contribution >= 4 is 33.9 Å². The third-order valence-electron chi connectivity index (χ3n) is 3.57. The first-order chi connectivity index (χ1) is 9.20. The largest absolute Gasteiger partial charge is 0.389 e. The summed E-state index contributed by atoms with van der Waals surface area (Å²) < 4.78 is 0. The van der Waals surface area contributed by atoms with Gasteiger partial charge in [-0.1, -0.05) is 30.4 Å². The predicted molar refractivity (Wildman–Crippen MR) is 83.7 cm³/mol. The van der Waals surface area contributed by atoms with Crippen LogP contribution in [-0.4, -0.2) is 22.6 Å². The van der Waals surface area contributed by atoms with Gasteiger partial charge < -0.3 is 10.6 Å². The molecule has 1 fully saturated rings. The van der Waals surface area contributed by atoms with Crippen LogP contribution in [0.1, 0.15) is 25.3 Å². The summed E-state index contributed by atoms with van der Waals surface area (Å²) in [6.45, 7) is 3.09. The van der Waals surface area contributed by atoms with Crippen molar-refractivity contribution in [2.24, 2.45) is 5.73 Å². The van der Waals surface area contributed by atoms with Gasteiger partial charge in [-0.05, 0) is 31.9 Å². The van der Waals surface area contributed by atoms with Crippen LogP contribution in [0.3, 0.4) is 0 Å². The van der Waals surface area contributed by atoms with Gasteiger partial charge in [-0.25, -0.2) is 4.98 Å². The van der Waals surface area contributed by atoms with Crippen LogP contribution >= 0.6 is 12.2 Å². The van der Waals surface area contributed by atoms with E-state index < -0.39 is 0 Å². The highest BCUT2D eigenvalue weighted by molar-refractivity contribution is 7.80. The lowest BCUT2D eigenvalue weighted by molar-refractivity contribution is 0.810. The maximum atomic E-state index is 5.88. The van der Waals surface area contributed by atoms with Crippen LogP contribution in [0.5, 0.6) is 0 Å². The SMILES string of the molecule is CCN(c1nc2ccccc2cc1C(N)=S)C1CC1. The molecule has 1 aliphatic carbocycles. The Balaban J connectivity index is 2.19. The van der Waals surface area contributed by atoms with Gasteiger partial charge in [0.25, 0.3) is 0 Å². The van der Waals surface area contributed by atoms with Gasteiger partial charge in [0.2, 0.25) is 0 Å². The molecular formula is C15H17N3S. The average Bonchev–Trinajstić information content (AvgIpc) is 3.23. The minimum atomic E-state index is 0.423. The molecule has 0 saturated heterocycles. The number of anilines is 1. The lowest BCUT2D eigenvalue weighted by atomic mass is 10.1. The van der Waals surface area contributed by atoms with E-state index in [1.807, 2.05) is 24.3 Å². The van der Waals surface area contributed by atoms with Gasteiger partial charge in [-0.3, -0.25) is 0 Å². The number of fused-ring (bicyclic) bond motifs is 1. The first-order valence-corrected chi connectivity index (χ1v) is 7.07. The second-order valence-electron chi connectivity index (χ2n) is 4.93. The summed E-state index contributed by atoms with van der Waals surface area (Å²) >= 11 is 5.20. The van der Waals surface area contributed by atoms with Crippen LogP contribution < -0.4 is 10.6 Å². The fourth-order valence-corrected chi connectivity index (χ4v) is 2.62. The van der Waals surface area contributed by atoms with E-state index in [-0.39, 0.29) is 0 Å². The summed E-state index contributed by atoms with van der Waals surface area (Å²) in [4.78, 5) is 7.53. The van der Waals surface area contributed by atoms with Crippen molar-refractivity contribution in [2.75, 3.05) is 11.4 Å². The highest BCUT2D eigenvalue weighted by Crippen LogP contribution is 2.33. The Morgan fingerprint density at radius 1 is 1.42 bits per heavy atom. The number of rotatable bonds is 4. The van der Waals surface area contributed by atoms with E-state index in [1.165, 1.54) is 12.8 Å². The maximum Gasteiger partial charge on any atom is 0.139 e. The van der Waals surface area contributed by atoms with E-state index in [0.29, 0.717) is 11.0 Å². The topological polar surface area (TPSA) is 42.2 Å². The van der Waals surface area contributed by atoms with E-state index >= 15 is 0 Å². The van der Waals surface area contributed by atoms with E-state index in [0.717, 1.165) is 28.8 Å². The molecule has 0 bridgehead atoms. The molecule has 2 N–H and O–H groups in total. The molecule has 0 unspecified atom stereocenters. The van der Waals surface area contributed by atoms with Crippen LogP contribution in [0.4, 0.5) is 5.82 Å². The Morgan fingerprint density at radius 3 is 2.79 bits per heavy atom. The number of hydrogen-bond donors (Lipinski definition) is 1. The molecule has 1 aromatic carbocycles. The van der Waals surface area contributed by atoms with Crippen LogP contribution in [0.15, 0.2) is 30.3 Å². The summed E-state index contributed by atoms with van der Waals surface area (Å²) in [6.07, 6.45) is 2.47. The van der Waals surface area contributed by atoms with Gasteiger partial charge in [-0.2, -0.15) is 0 Å². The summed E-state index contributed by atoms with van der Waals surface area (Å²) in [5.74, 6) is 0.941. The Hall–Kier alpha value is -1.68. The van der Waals surface area contributed by atoms with Gasteiger partial charge in [0, 0.05) is 18.0 Å². The molecule has 0 spiro atoms. The zero-order chi connectivity index (χ0) is 13.4. The van der Waals surface area contributed by atoms with Crippen LogP contribution in [0.25, 0.3) is 10.9 Å². The standard InChI is InChI=1S/C15H17N3S/c1-2-18(11-7-8-11)15-12(14(16)19)9-10-5-3-4-6-13(10)17-15/h3-6,9,11H,2,7-8H2,1H3,(H2,16,19). The van der Waals surface area contributed by atoms with E-state index in [4.69, 9.17) is 22.9 Å². The number of para-hydroxylation sites is 1. The minimum Gasteiger partial charge on any atom is -0.389 e. The molecule has 0 amide bonds. The molecule has 2 aromatic rings. The number of nitrogens with two attached hydrogens (primary N) is 1. The number of benzene rings is 1. The fourth-order valence-electron chi connectivity index (χ4n) is 2.47. The van der Waals surface area contributed by atoms with Crippen LogP contribution in [0.2, 0.25) is 0 Å². The summed E-state index contributed by atoms with van der Waals surface area (Å²) in [7, 11) is 0. The number of thiocarbonyl (C=S) groups is 1. The van der Waals surface area contributed by atoms with Gasteiger partial charge in [0.15, 0.2) is 0 Å². The third-order valence-corrected chi connectivity index (χ3v) is 3.79. The molecule has 3 nitrogen and oxygen atoms in total. The Morgan fingerprint density at radius 2 is 2.16 bits per heavy atom. The van der Waals surface area contributed by atoms with Crippen LogP contribution in [0, 0.1) is 0 Å². The molecule has 1 aliphatic rings. The maximum absolute atomic E-state index is 5.88. The number of nitrogens with zero attached hydrogens (tertiary/aromatic N) is 2. The zero-order valence-corrected chi connectivity index (χ0v) is 11.8. The zero-order valence-electron chi connectivity index (χ0n) is 11.0. The quantitative estimate of drug-likeness (QED) is 0.868. The molecule has 0 atom stereocenters. The third kappa shape index (κ3) is 2.28. The number of pyridine rings is 1. The Labute approximate surface area is 118 Å². The first kappa shape index (κ1) is 12.4. The minimum absolute atomic E-state index is 0.423. The molecular weight excluding hydrogens is 254 g/mol. The second-order valence-corrected chi connectivity index (χ2v) is 5.37. The normalized spacial score (nSPS) is 14.6. The second kappa shape index (κ2) is 4.78.